The van der Waals surface area contributed by atoms with Gasteiger partial charge in [0.25, 0.3) is 5.91 Å². The Kier molecular flexibility index (Phi) is 4.02. The smallest absolute Gasteiger partial charge is 0.250 e. The van der Waals surface area contributed by atoms with Crippen molar-refractivity contribution >= 4 is 17.5 Å². The first-order chi connectivity index (χ1) is 7.56. The summed E-state index contributed by atoms with van der Waals surface area (Å²) in [7, 11) is 0. The molecule has 1 aromatic rings. The third-order valence-corrected chi connectivity index (χ3v) is 2.23. The molecule has 1 atom stereocenters. The van der Waals surface area contributed by atoms with Gasteiger partial charge >= 0.3 is 0 Å². The summed E-state index contributed by atoms with van der Waals surface area (Å²) >= 11 is 0. The van der Waals surface area contributed by atoms with E-state index in [4.69, 9.17) is 11.5 Å². The number of para-hydroxylation sites is 1. The van der Waals surface area contributed by atoms with Crippen LogP contribution >= 0.6 is 0 Å². The number of amides is 2. The van der Waals surface area contributed by atoms with Gasteiger partial charge in [0, 0.05) is 0 Å². The van der Waals surface area contributed by atoms with Gasteiger partial charge in [-0.25, -0.2) is 0 Å². The average Bonchev–Trinajstić information content (AvgIpc) is 2.28. The quantitative estimate of drug-likeness (QED) is 0.688. The molecule has 0 fully saturated rings. The van der Waals surface area contributed by atoms with Crippen molar-refractivity contribution in [3.8, 4) is 0 Å². The molecule has 5 nitrogen and oxygen atoms in total. The summed E-state index contributed by atoms with van der Waals surface area (Å²) in [6.45, 7) is 1.81. The summed E-state index contributed by atoms with van der Waals surface area (Å²) in [5.41, 5.74) is 11.4. The molecule has 5 N–H and O–H groups in total. The van der Waals surface area contributed by atoms with Gasteiger partial charge in [-0.1, -0.05) is 19.1 Å². The lowest BCUT2D eigenvalue weighted by molar-refractivity contribution is -0.117. The fourth-order valence-electron chi connectivity index (χ4n) is 1.22. The molecule has 5 heteroatoms. The first-order valence-corrected chi connectivity index (χ1v) is 5.01. The number of hydrogen-bond donors (Lipinski definition) is 3. The largest absolute Gasteiger partial charge is 0.366 e. The van der Waals surface area contributed by atoms with Crippen molar-refractivity contribution in [1.82, 2.24) is 0 Å². The summed E-state index contributed by atoms with van der Waals surface area (Å²) in [5, 5.41) is 2.58. The highest BCUT2D eigenvalue weighted by atomic mass is 16.2. The highest BCUT2D eigenvalue weighted by Crippen LogP contribution is 2.14. The van der Waals surface area contributed by atoms with Crippen LogP contribution in [0, 0.1) is 0 Å². The van der Waals surface area contributed by atoms with Crippen LogP contribution in [0.15, 0.2) is 24.3 Å². The minimum atomic E-state index is -0.582. The van der Waals surface area contributed by atoms with Gasteiger partial charge in [0.05, 0.1) is 17.3 Å². The van der Waals surface area contributed by atoms with E-state index in [0.717, 1.165) is 0 Å². The van der Waals surface area contributed by atoms with E-state index in [1.165, 1.54) is 0 Å². The predicted octanol–water partition coefficient (Wildman–Crippen LogP) is 0.461. The van der Waals surface area contributed by atoms with E-state index < -0.39 is 11.9 Å². The van der Waals surface area contributed by atoms with Crippen molar-refractivity contribution < 1.29 is 9.59 Å². The fraction of sp³-hybridized carbons (Fsp3) is 0.273. The van der Waals surface area contributed by atoms with Crippen LogP contribution in [-0.2, 0) is 4.79 Å². The number of primary amides is 1. The summed E-state index contributed by atoms with van der Waals surface area (Å²) in [5.74, 6) is -0.905. The van der Waals surface area contributed by atoms with Gasteiger partial charge in [-0.05, 0) is 18.6 Å². The molecule has 0 aliphatic rings. The van der Waals surface area contributed by atoms with Crippen LogP contribution in [0.2, 0.25) is 0 Å². The highest BCUT2D eigenvalue weighted by molar-refractivity contribution is 6.04. The molecule has 0 aliphatic carbocycles. The molecule has 0 heterocycles. The third kappa shape index (κ3) is 2.80. The Labute approximate surface area is 93.8 Å². The zero-order chi connectivity index (χ0) is 12.1. The second-order valence-electron chi connectivity index (χ2n) is 3.41. The number of hydrogen-bond acceptors (Lipinski definition) is 3. The Morgan fingerprint density at radius 3 is 2.56 bits per heavy atom. The van der Waals surface area contributed by atoms with Crippen LogP contribution in [0.5, 0.6) is 0 Å². The molecular weight excluding hydrogens is 206 g/mol. The normalized spacial score (nSPS) is 11.9. The summed E-state index contributed by atoms with van der Waals surface area (Å²) in [6, 6.07) is 5.96. The molecule has 1 aromatic carbocycles. The number of carbonyl (C=O) groups excluding carboxylic acids is 2. The molecule has 0 saturated carbocycles. The van der Waals surface area contributed by atoms with Crippen LogP contribution in [0.4, 0.5) is 5.69 Å². The van der Waals surface area contributed by atoms with E-state index in [9.17, 15) is 9.59 Å². The number of benzene rings is 1. The lowest BCUT2D eigenvalue weighted by atomic mass is 10.1. The van der Waals surface area contributed by atoms with Crippen molar-refractivity contribution in [2.24, 2.45) is 11.5 Å². The van der Waals surface area contributed by atoms with Crippen LogP contribution in [0.1, 0.15) is 23.7 Å². The van der Waals surface area contributed by atoms with Crippen molar-refractivity contribution in [3.63, 3.8) is 0 Å². The molecule has 0 bridgehead atoms. The maximum Gasteiger partial charge on any atom is 0.250 e. The van der Waals surface area contributed by atoms with Gasteiger partial charge in [0.15, 0.2) is 0 Å². The SMILES string of the molecule is CC[C@@H](N)C(=O)Nc1ccccc1C(N)=O. The lowest BCUT2D eigenvalue weighted by Crippen LogP contribution is -2.35. The maximum atomic E-state index is 11.5. The van der Waals surface area contributed by atoms with E-state index in [1.54, 1.807) is 24.3 Å². The van der Waals surface area contributed by atoms with Crippen LogP contribution in [0.25, 0.3) is 0 Å². The van der Waals surface area contributed by atoms with Crippen LogP contribution in [-0.4, -0.2) is 17.9 Å². The molecule has 0 unspecified atom stereocenters. The van der Waals surface area contributed by atoms with Gasteiger partial charge in [0.1, 0.15) is 0 Å². The molecule has 1 rings (SSSR count). The predicted molar refractivity (Wildman–Crippen MR) is 61.9 cm³/mol. The summed E-state index contributed by atoms with van der Waals surface area (Å²) in [4.78, 5) is 22.6. The summed E-state index contributed by atoms with van der Waals surface area (Å²) in [6.07, 6.45) is 0.532. The first-order valence-electron chi connectivity index (χ1n) is 5.01. The molecule has 0 spiro atoms. The number of anilines is 1. The molecule has 2 amide bonds. The van der Waals surface area contributed by atoms with Gasteiger partial charge in [0.2, 0.25) is 5.91 Å². The minimum absolute atomic E-state index is 0.277. The van der Waals surface area contributed by atoms with Gasteiger partial charge in [-0.2, -0.15) is 0 Å². The highest BCUT2D eigenvalue weighted by Gasteiger charge is 2.14. The average molecular weight is 221 g/mol. The Hall–Kier alpha value is -1.88. The van der Waals surface area contributed by atoms with E-state index in [-0.39, 0.29) is 11.5 Å². The van der Waals surface area contributed by atoms with Crippen molar-refractivity contribution in [3.05, 3.63) is 29.8 Å². The molecule has 16 heavy (non-hydrogen) atoms. The Morgan fingerprint density at radius 2 is 2.00 bits per heavy atom. The number of carbonyl (C=O) groups is 2. The van der Waals surface area contributed by atoms with Crippen molar-refractivity contribution in [2.75, 3.05) is 5.32 Å². The topological polar surface area (TPSA) is 98.2 Å². The zero-order valence-corrected chi connectivity index (χ0v) is 9.07. The molecule has 0 aromatic heterocycles. The molecular formula is C11H15N3O2. The Bertz CT molecular complexity index is 404. The van der Waals surface area contributed by atoms with Crippen molar-refractivity contribution in [2.45, 2.75) is 19.4 Å². The first kappa shape index (κ1) is 12.2. The van der Waals surface area contributed by atoms with Crippen LogP contribution in [0.3, 0.4) is 0 Å². The van der Waals surface area contributed by atoms with E-state index in [1.807, 2.05) is 6.92 Å². The second kappa shape index (κ2) is 5.27. The summed E-state index contributed by atoms with van der Waals surface area (Å²) < 4.78 is 0. The molecule has 0 radical (unpaired) electrons. The van der Waals surface area contributed by atoms with E-state index in [0.29, 0.717) is 12.1 Å². The van der Waals surface area contributed by atoms with E-state index >= 15 is 0 Å². The van der Waals surface area contributed by atoms with Gasteiger partial charge < -0.3 is 16.8 Å². The second-order valence-corrected chi connectivity index (χ2v) is 3.41. The van der Waals surface area contributed by atoms with Gasteiger partial charge in [-0.3, -0.25) is 9.59 Å². The molecule has 0 saturated heterocycles. The third-order valence-electron chi connectivity index (χ3n) is 2.23. The lowest BCUT2D eigenvalue weighted by Gasteiger charge is -2.12. The Balaban J connectivity index is 2.89. The number of nitrogens with one attached hydrogen (secondary N) is 1. The van der Waals surface area contributed by atoms with Crippen LogP contribution < -0.4 is 16.8 Å². The van der Waals surface area contributed by atoms with Crippen molar-refractivity contribution in [1.29, 1.82) is 0 Å². The number of rotatable bonds is 4. The molecule has 0 aliphatic heterocycles. The Morgan fingerprint density at radius 1 is 1.38 bits per heavy atom. The standard InChI is InChI=1S/C11H15N3O2/c1-2-8(12)11(16)14-9-6-4-3-5-7(9)10(13)15/h3-6,8H,2,12H2,1H3,(H2,13,15)(H,14,16)/t8-/m1/s1. The monoisotopic (exact) mass is 221 g/mol. The van der Waals surface area contributed by atoms with E-state index in [2.05, 4.69) is 5.32 Å². The minimum Gasteiger partial charge on any atom is -0.366 e. The number of nitrogens with two attached hydrogens (primary N) is 2. The van der Waals surface area contributed by atoms with Gasteiger partial charge in [-0.15, -0.1) is 0 Å². The zero-order valence-electron chi connectivity index (χ0n) is 9.07. The fourth-order valence-corrected chi connectivity index (χ4v) is 1.22. The molecule has 86 valence electrons. The maximum absolute atomic E-state index is 11.5.